The molecule has 1 amide bonds. The largest absolute Gasteiger partial charge is 0.381 e. The fourth-order valence-corrected chi connectivity index (χ4v) is 3.37. The molecule has 1 aliphatic heterocycles. The number of H-pyrrole nitrogens is 1. The molecule has 7 nitrogen and oxygen atoms in total. The van der Waals surface area contributed by atoms with Gasteiger partial charge in [0.15, 0.2) is 5.82 Å². The number of aromatic nitrogens is 2. The SMILES string of the molecule is CN(C)[C@@H]1[C@@H](NC(=O)c2[nH]nc(N)c2Cl)[C@H]2CCO[C@H]21. The lowest BCUT2D eigenvalue weighted by atomic mass is 9.71. The van der Waals surface area contributed by atoms with Gasteiger partial charge in [-0.2, -0.15) is 5.10 Å². The summed E-state index contributed by atoms with van der Waals surface area (Å²) in [6.45, 7) is 0.754. The van der Waals surface area contributed by atoms with Crippen molar-refractivity contribution in [3.8, 4) is 0 Å². The Balaban J connectivity index is 1.74. The molecule has 0 bridgehead atoms. The number of aromatic amines is 1. The van der Waals surface area contributed by atoms with E-state index in [0.717, 1.165) is 13.0 Å². The molecule has 110 valence electrons. The molecule has 0 aromatic carbocycles. The highest BCUT2D eigenvalue weighted by Gasteiger charge is 2.55. The average molecular weight is 300 g/mol. The lowest BCUT2D eigenvalue weighted by molar-refractivity contribution is -0.0664. The number of hydrogen-bond acceptors (Lipinski definition) is 5. The fraction of sp³-hybridized carbons (Fsp3) is 0.667. The lowest BCUT2D eigenvalue weighted by Crippen LogP contribution is -2.69. The van der Waals surface area contributed by atoms with Gasteiger partial charge in [-0.3, -0.25) is 9.89 Å². The number of halogens is 1. The van der Waals surface area contributed by atoms with Crippen LogP contribution >= 0.6 is 11.6 Å². The summed E-state index contributed by atoms with van der Waals surface area (Å²) in [5.74, 6) is 0.225. The molecule has 1 aromatic rings. The summed E-state index contributed by atoms with van der Waals surface area (Å²) in [6.07, 6.45) is 1.18. The molecule has 1 saturated carbocycles. The number of amides is 1. The van der Waals surface area contributed by atoms with Crippen molar-refractivity contribution in [2.75, 3.05) is 26.4 Å². The second-order valence-corrected chi connectivity index (χ2v) is 5.92. The predicted molar refractivity (Wildman–Crippen MR) is 74.6 cm³/mol. The quantitative estimate of drug-likeness (QED) is 0.735. The molecule has 4 N–H and O–H groups in total. The average Bonchev–Trinajstić information content (AvgIpc) is 2.92. The first-order chi connectivity index (χ1) is 9.50. The third kappa shape index (κ3) is 1.97. The van der Waals surface area contributed by atoms with Crippen molar-refractivity contribution in [2.45, 2.75) is 24.6 Å². The third-order valence-corrected chi connectivity index (χ3v) is 4.59. The molecular formula is C12H18ClN5O2. The van der Waals surface area contributed by atoms with Gasteiger partial charge in [0.1, 0.15) is 10.7 Å². The molecule has 2 aliphatic rings. The van der Waals surface area contributed by atoms with Gasteiger partial charge in [0.05, 0.1) is 18.2 Å². The maximum atomic E-state index is 12.3. The van der Waals surface area contributed by atoms with Crippen LogP contribution in [0.1, 0.15) is 16.9 Å². The number of carbonyl (C=O) groups excluding carboxylic acids is 1. The highest BCUT2D eigenvalue weighted by molar-refractivity contribution is 6.35. The predicted octanol–water partition coefficient (Wildman–Crippen LogP) is 0.0926. The van der Waals surface area contributed by atoms with E-state index in [9.17, 15) is 4.79 Å². The van der Waals surface area contributed by atoms with E-state index in [1.807, 2.05) is 14.1 Å². The number of anilines is 1. The summed E-state index contributed by atoms with van der Waals surface area (Å²) in [4.78, 5) is 14.3. The van der Waals surface area contributed by atoms with E-state index in [1.54, 1.807) is 0 Å². The van der Waals surface area contributed by atoms with Crippen molar-refractivity contribution in [3.63, 3.8) is 0 Å². The van der Waals surface area contributed by atoms with Gasteiger partial charge in [0.25, 0.3) is 5.91 Å². The number of nitrogens with two attached hydrogens (primary N) is 1. The van der Waals surface area contributed by atoms with Gasteiger partial charge in [-0.15, -0.1) is 0 Å². The van der Waals surface area contributed by atoms with Crippen LogP contribution in [0.3, 0.4) is 0 Å². The number of hydrogen-bond donors (Lipinski definition) is 3. The minimum Gasteiger partial charge on any atom is -0.381 e. The molecule has 0 spiro atoms. The molecule has 2 fully saturated rings. The Morgan fingerprint density at radius 1 is 1.60 bits per heavy atom. The Labute approximate surface area is 121 Å². The van der Waals surface area contributed by atoms with E-state index < -0.39 is 0 Å². The van der Waals surface area contributed by atoms with Crippen molar-refractivity contribution in [1.82, 2.24) is 20.4 Å². The minimum atomic E-state index is -0.276. The van der Waals surface area contributed by atoms with Crippen LogP contribution in [0.25, 0.3) is 0 Å². The van der Waals surface area contributed by atoms with Crippen molar-refractivity contribution >= 4 is 23.3 Å². The van der Waals surface area contributed by atoms with Gasteiger partial charge in [0, 0.05) is 12.5 Å². The normalized spacial score (nSPS) is 32.0. The zero-order valence-corrected chi connectivity index (χ0v) is 12.1. The molecule has 1 saturated heterocycles. The van der Waals surface area contributed by atoms with Gasteiger partial charge in [-0.05, 0) is 20.5 Å². The molecule has 4 atom stereocenters. The first kappa shape index (κ1) is 13.7. The van der Waals surface area contributed by atoms with Crippen LogP contribution in [0.2, 0.25) is 5.02 Å². The van der Waals surface area contributed by atoms with Crippen LogP contribution in [-0.4, -0.2) is 59.9 Å². The second-order valence-electron chi connectivity index (χ2n) is 5.54. The highest BCUT2D eigenvalue weighted by Crippen LogP contribution is 2.41. The number of carbonyl (C=O) groups is 1. The second kappa shape index (κ2) is 4.91. The van der Waals surface area contributed by atoms with Crippen LogP contribution in [0.5, 0.6) is 0 Å². The maximum Gasteiger partial charge on any atom is 0.271 e. The summed E-state index contributed by atoms with van der Waals surface area (Å²) in [7, 11) is 3.98. The van der Waals surface area contributed by atoms with Crippen LogP contribution in [0, 0.1) is 5.92 Å². The first-order valence-electron chi connectivity index (χ1n) is 6.59. The van der Waals surface area contributed by atoms with Gasteiger partial charge in [-0.25, -0.2) is 0 Å². The van der Waals surface area contributed by atoms with Crippen LogP contribution in [-0.2, 0) is 4.74 Å². The Morgan fingerprint density at radius 2 is 2.35 bits per heavy atom. The Morgan fingerprint density at radius 3 is 2.95 bits per heavy atom. The summed E-state index contributed by atoms with van der Waals surface area (Å²) >= 11 is 5.94. The Hall–Kier alpha value is -1.31. The summed E-state index contributed by atoms with van der Waals surface area (Å²) in [5.41, 5.74) is 5.75. The van der Waals surface area contributed by atoms with Crippen molar-refractivity contribution < 1.29 is 9.53 Å². The van der Waals surface area contributed by atoms with Crippen molar-refractivity contribution in [1.29, 1.82) is 0 Å². The van der Waals surface area contributed by atoms with Crippen LogP contribution in [0.4, 0.5) is 5.82 Å². The summed E-state index contributed by atoms with van der Waals surface area (Å²) in [6, 6.07) is 0.246. The Kier molecular flexibility index (Phi) is 3.35. The number of nitrogens with one attached hydrogen (secondary N) is 2. The highest BCUT2D eigenvalue weighted by atomic mass is 35.5. The smallest absolute Gasteiger partial charge is 0.271 e. The first-order valence-corrected chi connectivity index (χ1v) is 6.96. The number of ether oxygens (including phenoxy) is 1. The molecule has 0 unspecified atom stereocenters. The topological polar surface area (TPSA) is 96.3 Å². The van der Waals surface area contributed by atoms with E-state index in [0.29, 0.717) is 5.92 Å². The van der Waals surface area contributed by atoms with E-state index in [2.05, 4.69) is 20.4 Å². The van der Waals surface area contributed by atoms with Crippen molar-refractivity contribution in [2.24, 2.45) is 5.92 Å². The third-order valence-electron chi connectivity index (χ3n) is 4.20. The van der Waals surface area contributed by atoms with E-state index >= 15 is 0 Å². The lowest BCUT2D eigenvalue weighted by Gasteiger charge is -2.50. The van der Waals surface area contributed by atoms with Gasteiger partial charge >= 0.3 is 0 Å². The molecule has 8 heteroatoms. The Bertz CT molecular complexity index is 532. The van der Waals surface area contributed by atoms with E-state index in [4.69, 9.17) is 22.1 Å². The van der Waals surface area contributed by atoms with E-state index in [1.165, 1.54) is 0 Å². The monoisotopic (exact) mass is 299 g/mol. The molecule has 1 aromatic heterocycles. The molecule has 0 radical (unpaired) electrons. The number of rotatable bonds is 3. The zero-order valence-electron chi connectivity index (χ0n) is 11.4. The van der Waals surface area contributed by atoms with Crippen LogP contribution in [0.15, 0.2) is 0 Å². The fourth-order valence-electron chi connectivity index (χ4n) is 3.20. The van der Waals surface area contributed by atoms with Gasteiger partial charge < -0.3 is 20.7 Å². The molecular weight excluding hydrogens is 282 g/mol. The molecule has 2 heterocycles. The summed E-state index contributed by atoms with van der Waals surface area (Å²) in [5, 5.41) is 9.49. The number of nitrogens with zero attached hydrogens (tertiary/aromatic N) is 2. The van der Waals surface area contributed by atoms with Gasteiger partial charge in [-0.1, -0.05) is 11.6 Å². The standard InChI is InChI=1S/C12H18ClN5O2/c1-18(2)9-7(5-3-4-20-10(5)9)15-12(19)8-6(13)11(14)17-16-8/h5,7,9-10H,3-4H2,1-2H3,(H,15,19)(H3,14,16,17)/t5-,7+,9-,10-/m1/s1. The maximum absolute atomic E-state index is 12.3. The summed E-state index contributed by atoms with van der Waals surface area (Å²) < 4.78 is 5.71. The molecule has 3 rings (SSSR count). The molecule has 1 aliphatic carbocycles. The van der Waals surface area contributed by atoms with Gasteiger partial charge in [0.2, 0.25) is 0 Å². The number of likely N-dealkylation sites (N-methyl/N-ethyl adjacent to an activating group) is 1. The zero-order chi connectivity index (χ0) is 14.4. The number of fused-ring (bicyclic) bond motifs is 1. The number of nitrogen functional groups attached to an aromatic ring is 1. The van der Waals surface area contributed by atoms with Crippen molar-refractivity contribution in [3.05, 3.63) is 10.7 Å². The van der Waals surface area contributed by atoms with E-state index in [-0.39, 0.29) is 40.6 Å². The van der Waals surface area contributed by atoms with Crippen LogP contribution < -0.4 is 11.1 Å². The molecule has 20 heavy (non-hydrogen) atoms. The minimum absolute atomic E-state index is 0.0607.